The maximum atomic E-state index is 6.15. The van der Waals surface area contributed by atoms with Crippen LogP contribution in [0, 0.1) is 6.92 Å². The Morgan fingerprint density at radius 3 is 2.45 bits per heavy atom. The van der Waals surface area contributed by atoms with Gasteiger partial charge in [-0.2, -0.15) is 4.68 Å². The van der Waals surface area contributed by atoms with Gasteiger partial charge in [0, 0.05) is 15.6 Å². The van der Waals surface area contributed by atoms with Gasteiger partial charge >= 0.3 is 0 Å². The van der Waals surface area contributed by atoms with Crippen LogP contribution in [0.3, 0.4) is 0 Å². The Balaban J connectivity index is 2.10. The number of aryl methyl sites for hydroxylation is 1. The lowest BCUT2D eigenvalue weighted by atomic mass is 10.2. The molecule has 0 unspecified atom stereocenters. The fourth-order valence-electron chi connectivity index (χ4n) is 1.85. The highest BCUT2D eigenvalue weighted by atomic mass is 35.5. The molecule has 0 N–H and O–H groups in total. The average molecular weight is 305 g/mol. The minimum absolute atomic E-state index is 0.640. The minimum atomic E-state index is 0.640. The summed E-state index contributed by atoms with van der Waals surface area (Å²) in [6.45, 7) is 1.95. The van der Waals surface area contributed by atoms with E-state index in [9.17, 15) is 0 Å². The predicted molar refractivity (Wildman–Crippen MR) is 79.3 cm³/mol. The van der Waals surface area contributed by atoms with Gasteiger partial charge in [-0.25, -0.2) is 0 Å². The lowest BCUT2D eigenvalue weighted by molar-refractivity contribution is 0.791. The van der Waals surface area contributed by atoms with E-state index in [1.807, 2.05) is 37.3 Å². The molecule has 0 fully saturated rings. The molecule has 0 aliphatic carbocycles. The van der Waals surface area contributed by atoms with Gasteiger partial charge in [0.1, 0.15) is 0 Å². The van der Waals surface area contributed by atoms with E-state index in [0.717, 1.165) is 16.8 Å². The van der Waals surface area contributed by atoms with Crippen molar-refractivity contribution in [1.29, 1.82) is 0 Å². The second-order valence-electron chi connectivity index (χ2n) is 4.35. The zero-order chi connectivity index (χ0) is 14.1. The van der Waals surface area contributed by atoms with Crippen molar-refractivity contribution >= 4 is 23.2 Å². The van der Waals surface area contributed by atoms with Crippen LogP contribution < -0.4 is 0 Å². The van der Waals surface area contributed by atoms with E-state index < -0.39 is 0 Å². The highest BCUT2D eigenvalue weighted by Crippen LogP contribution is 2.24. The standard InChI is InChI=1S/C14H10Cl2N4/c1-9-2-7-12(8-13(9)16)20-14(17-18-19-20)10-3-5-11(15)6-4-10/h2-8H,1H3. The third-order valence-electron chi connectivity index (χ3n) is 2.97. The van der Waals surface area contributed by atoms with E-state index in [2.05, 4.69) is 15.5 Å². The summed E-state index contributed by atoms with van der Waals surface area (Å²) < 4.78 is 1.65. The van der Waals surface area contributed by atoms with E-state index in [1.54, 1.807) is 16.8 Å². The van der Waals surface area contributed by atoms with Crippen LogP contribution >= 0.6 is 23.2 Å². The smallest absolute Gasteiger partial charge is 0.187 e. The first-order valence-electron chi connectivity index (χ1n) is 5.96. The van der Waals surface area contributed by atoms with Gasteiger partial charge in [-0.05, 0) is 59.3 Å². The molecular formula is C14H10Cl2N4. The summed E-state index contributed by atoms with van der Waals surface area (Å²) in [4.78, 5) is 0. The Morgan fingerprint density at radius 1 is 1.00 bits per heavy atom. The number of rotatable bonds is 2. The van der Waals surface area contributed by atoms with E-state index in [0.29, 0.717) is 15.9 Å². The molecule has 3 aromatic rings. The molecule has 0 atom stereocenters. The zero-order valence-corrected chi connectivity index (χ0v) is 12.1. The van der Waals surface area contributed by atoms with Crippen molar-refractivity contribution in [3.05, 3.63) is 58.1 Å². The SMILES string of the molecule is Cc1ccc(-n2nnnc2-c2ccc(Cl)cc2)cc1Cl. The number of hydrogen-bond donors (Lipinski definition) is 0. The molecule has 0 spiro atoms. The summed E-state index contributed by atoms with van der Waals surface area (Å²) in [6, 6.07) is 13.1. The molecule has 1 aromatic heterocycles. The second-order valence-corrected chi connectivity index (χ2v) is 5.20. The predicted octanol–water partition coefficient (Wildman–Crippen LogP) is 3.94. The molecule has 0 aliphatic heterocycles. The van der Waals surface area contributed by atoms with Crippen LogP contribution in [0.2, 0.25) is 10.0 Å². The number of nitrogens with zero attached hydrogens (tertiary/aromatic N) is 4. The number of hydrogen-bond acceptors (Lipinski definition) is 3. The summed E-state index contributed by atoms with van der Waals surface area (Å²) in [5.41, 5.74) is 2.71. The van der Waals surface area contributed by atoms with Crippen LogP contribution in [0.4, 0.5) is 0 Å². The average Bonchev–Trinajstić information content (AvgIpc) is 2.92. The van der Waals surface area contributed by atoms with Gasteiger partial charge in [-0.15, -0.1) is 5.10 Å². The molecule has 100 valence electrons. The first kappa shape index (κ1) is 13.1. The molecule has 0 aliphatic rings. The summed E-state index contributed by atoms with van der Waals surface area (Å²) >= 11 is 12.0. The molecule has 1 heterocycles. The number of halogens is 2. The molecule has 6 heteroatoms. The number of aromatic nitrogens is 4. The maximum Gasteiger partial charge on any atom is 0.187 e. The number of tetrazole rings is 1. The van der Waals surface area contributed by atoms with E-state index in [4.69, 9.17) is 23.2 Å². The fraction of sp³-hybridized carbons (Fsp3) is 0.0714. The first-order valence-corrected chi connectivity index (χ1v) is 6.71. The van der Waals surface area contributed by atoms with Gasteiger partial charge < -0.3 is 0 Å². The second kappa shape index (κ2) is 5.23. The van der Waals surface area contributed by atoms with Crippen molar-refractivity contribution < 1.29 is 0 Å². The largest absolute Gasteiger partial charge is 0.193 e. The molecule has 20 heavy (non-hydrogen) atoms. The van der Waals surface area contributed by atoms with Crippen LogP contribution in [0.25, 0.3) is 17.1 Å². The topological polar surface area (TPSA) is 43.6 Å². The third kappa shape index (κ3) is 2.40. The van der Waals surface area contributed by atoms with Gasteiger partial charge in [0.15, 0.2) is 5.82 Å². The van der Waals surface area contributed by atoms with E-state index >= 15 is 0 Å². The minimum Gasteiger partial charge on any atom is -0.193 e. The Bertz CT molecular complexity index is 750. The Hall–Kier alpha value is -1.91. The van der Waals surface area contributed by atoms with Crippen molar-refractivity contribution in [3.63, 3.8) is 0 Å². The Labute approximate surface area is 126 Å². The molecule has 0 saturated carbocycles. The van der Waals surface area contributed by atoms with Gasteiger partial charge in [0.05, 0.1) is 5.69 Å². The fourth-order valence-corrected chi connectivity index (χ4v) is 2.15. The van der Waals surface area contributed by atoms with Crippen LogP contribution in [-0.2, 0) is 0 Å². The van der Waals surface area contributed by atoms with Crippen LogP contribution in [-0.4, -0.2) is 20.2 Å². The van der Waals surface area contributed by atoms with Gasteiger partial charge in [-0.3, -0.25) is 0 Å². The van der Waals surface area contributed by atoms with Crippen molar-refractivity contribution in [1.82, 2.24) is 20.2 Å². The summed E-state index contributed by atoms with van der Waals surface area (Å²) in [6.07, 6.45) is 0. The molecular weight excluding hydrogens is 295 g/mol. The van der Waals surface area contributed by atoms with Gasteiger partial charge in [0.2, 0.25) is 0 Å². The number of benzene rings is 2. The van der Waals surface area contributed by atoms with Gasteiger partial charge in [-0.1, -0.05) is 29.3 Å². The van der Waals surface area contributed by atoms with Crippen molar-refractivity contribution in [2.45, 2.75) is 6.92 Å². The molecule has 4 nitrogen and oxygen atoms in total. The summed E-state index contributed by atoms with van der Waals surface area (Å²) in [7, 11) is 0. The molecule has 0 bridgehead atoms. The molecule has 2 aromatic carbocycles. The van der Waals surface area contributed by atoms with Crippen LogP contribution in [0.1, 0.15) is 5.56 Å². The van der Waals surface area contributed by atoms with E-state index in [1.165, 1.54) is 0 Å². The van der Waals surface area contributed by atoms with Crippen LogP contribution in [0.5, 0.6) is 0 Å². The summed E-state index contributed by atoms with van der Waals surface area (Å²) in [5.74, 6) is 0.640. The molecule has 0 radical (unpaired) electrons. The van der Waals surface area contributed by atoms with Crippen LogP contribution in [0.15, 0.2) is 42.5 Å². The zero-order valence-electron chi connectivity index (χ0n) is 10.6. The lowest BCUT2D eigenvalue weighted by Crippen LogP contribution is -2.00. The van der Waals surface area contributed by atoms with E-state index in [-0.39, 0.29) is 0 Å². The molecule has 0 amide bonds. The molecule has 0 saturated heterocycles. The van der Waals surface area contributed by atoms with Crippen molar-refractivity contribution in [2.75, 3.05) is 0 Å². The highest BCUT2D eigenvalue weighted by Gasteiger charge is 2.11. The monoisotopic (exact) mass is 304 g/mol. The first-order chi connectivity index (χ1) is 9.65. The summed E-state index contributed by atoms with van der Waals surface area (Å²) in [5, 5.41) is 13.2. The molecule has 3 rings (SSSR count). The third-order valence-corrected chi connectivity index (χ3v) is 3.63. The van der Waals surface area contributed by atoms with Gasteiger partial charge in [0.25, 0.3) is 0 Å². The Kier molecular flexibility index (Phi) is 3.42. The lowest BCUT2D eigenvalue weighted by Gasteiger charge is -2.06. The highest BCUT2D eigenvalue weighted by molar-refractivity contribution is 6.31. The quantitative estimate of drug-likeness (QED) is 0.720. The Morgan fingerprint density at radius 2 is 1.75 bits per heavy atom. The maximum absolute atomic E-state index is 6.15. The van der Waals surface area contributed by atoms with Crippen molar-refractivity contribution in [3.8, 4) is 17.1 Å². The normalized spacial score (nSPS) is 10.8. The van der Waals surface area contributed by atoms with Crippen molar-refractivity contribution in [2.24, 2.45) is 0 Å².